The van der Waals surface area contributed by atoms with Gasteiger partial charge in [-0.2, -0.15) is 0 Å². The van der Waals surface area contributed by atoms with Gasteiger partial charge in [0, 0.05) is 27.4 Å². The standard InChI is InChI=1S/C64H52N2Si/c1-4-20-50(21-5-1)67(51-22-6-2-7-23-51,52-24-8-3-9-25-52)53-26-18-19-46(42-53)54-27-10-14-31-59(54)66-60-32-15-11-28-55(60)56-43-49(35-36-61(56)66)65-62-33-16-12-29-57(62)64(58-30-13-17-34-63(58)65)47-38-44-37-45(40-47)41-48(64)39-44/h1-36,42-45,47-48H,37-41H2/t44-,45+,47-,48?. The molecule has 0 N–H and O–H groups in total. The summed E-state index contributed by atoms with van der Waals surface area (Å²) in [5.74, 6) is 3.24. The zero-order valence-corrected chi connectivity index (χ0v) is 38.7. The summed E-state index contributed by atoms with van der Waals surface area (Å²) in [6, 6.07) is 87.6. The highest BCUT2D eigenvalue weighted by Crippen LogP contribution is 2.69. The molecule has 2 nitrogen and oxygen atoms in total. The van der Waals surface area contributed by atoms with Gasteiger partial charge in [-0.1, -0.05) is 188 Å². The summed E-state index contributed by atoms with van der Waals surface area (Å²) < 4.78 is 2.52. The molecule has 1 spiro atoms. The second-order valence-corrected chi connectivity index (χ2v) is 23.9. The van der Waals surface area contributed by atoms with E-state index in [0.29, 0.717) is 11.8 Å². The third-order valence-corrected chi connectivity index (χ3v) is 21.7. The van der Waals surface area contributed by atoms with Crippen LogP contribution < -0.4 is 25.6 Å². The van der Waals surface area contributed by atoms with Crippen LogP contribution >= 0.6 is 0 Å². The smallest absolute Gasteiger partial charge is 0.179 e. The van der Waals surface area contributed by atoms with Crippen LogP contribution in [0.3, 0.4) is 0 Å². The van der Waals surface area contributed by atoms with Gasteiger partial charge in [-0.25, -0.2) is 0 Å². The van der Waals surface area contributed by atoms with Gasteiger partial charge in [0.05, 0.1) is 28.1 Å². The fourth-order valence-electron chi connectivity index (χ4n) is 14.7. The second kappa shape index (κ2) is 15.2. The molecule has 3 heteroatoms. The normalized spacial score (nSPS) is 20.0. The molecule has 15 rings (SSSR count). The molecule has 9 aromatic carbocycles. The number of fused-ring (bicyclic) bond motifs is 5. The van der Waals surface area contributed by atoms with Crippen LogP contribution in [0.25, 0.3) is 38.6 Å². The lowest BCUT2D eigenvalue weighted by Gasteiger charge is -2.64. The first-order valence-electron chi connectivity index (χ1n) is 24.6. The van der Waals surface area contributed by atoms with Crippen molar-refractivity contribution in [2.24, 2.45) is 23.7 Å². The van der Waals surface area contributed by atoms with Crippen molar-refractivity contribution < 1.29 is 0 Å². The molecular weight excluding hydrogens is 825 g/mol. The summed E-state index contributed by atoms with van der Waals surface area (Å²) in [5.41, 5.74) is 13.2. The first kappa shape index (κ1) is 39.0. The highest BCUT2D eigenvalue weighted by molar-refractivity contribution is 7.19. The van der Waals surface area contributed by atoms with Gasteiger partial charge >= 0.3 is 0 Å². The summed E-state index contributed by atoms with van der Waals surface area (Å²) in [4.78, 5) is 2.61. The summed E-state index contributed by atoms with van der Waals surface area (Å²) >= 11 is 0. The van der Waals surface area contributed by atoms with Crippen LogP contribution in [0, 0.1) is 23.7 Å². The average molecular weight is 877 g/mol. The van der Waals surface area contributed by atoms with Crippen LogP contribution in [-0.2, 0) is 5.41 Å². The Hall–Kier alpha value is -7.20. The zero-order chi connectivity index (χ0) is 44.1. The summed E-state index contributed by atoms with van der Waals surface area (Å²) in [5, 5.41) is 8.04. The first-order valence-corrected chi connectivity index (χ1v) is 26.6. The number of hydrogen-bond donors (Lipinski definition) is 0. The number of hydrogen-bond acceptors (Lipinski definition) is 1. The molecule has 4 aliphatic carbocycles. The van der Waals surface area contributed by atoms with Gasteiger partial charge in [0.1, 0.15) is 0 Å². The van der Waals surface area contributed by atoms with Crippen molar-refractivity contribution >= 4 is 67.7 Å². The predicted molar refractivity (Wildman–Crippen MR) is 282 cm³/mol. The first-order chi connectivity index (χ1) is 33.2. The Morgan fingerprint density at radius 2 is 0.866 bits per heavy atom. The fraction of sp³-hybridized carbons (Fsp3) is 0.156. The van der Waals surface area contributed by atoms with Crippen LogP contribution in [-0.4, -0.2) is 12.6 Å². The molecule has 2 heterocycles. The number of rotatable bonds is 7. The quantitative estimate of drug-likeness (QED) is 0.114. The van der Waals surface area contributed by atoms with Gasteiger partial charge in [-0.05, 0) is 136 Å². The molecular formula is C64H52N2Si. The molecule has 0 unspecified atom stereocenters. The van der Waals surface area contributed by atoms with Crippen LogP contribution in [0.5, 0.6) is 0 Å². The van der Waals surface area contributed by atoms with E-state index in [1.165, 1.54) is 109 Å². The maximum absolute atomic E-state index is 2.74. The van der Waals surface area contributed by atoms with Gasteiger partial charge in [0.2, 0.25) is 0 Å². The molecule has 1 aliphatic heterocycles. The maximum atomic E-state index is 2.61. The molecule has 0 radical (unpaired) electrons. The number of benzene rings is 9. The van der Waals surface area contributed by atoms with E-state index in [4.69, 9.17) is 0 Å². The average Bonchev–Trinajstić information content (AvgIpc) is 3.72. The molecule has 4 fully saturated rings. The van der Waals surface area contributed by atoms with E-state index in [2.05, 4.69) is 240 Å². The number of aromatic nitrogens is 1. The van der Waals surface area contributed by atoms with E-state index in [9.17, 15) is 0 Å². The Morgan fingerprint density at radius 1 is 0.373 bits per heavy atom. The molecule has 10 aromatic rings. The summed E-state index contributed by atoms with van der Waals surface area (Å²) in [6.07, 6.45) is 6.97. The topological polar surface area (TPSA) is 8.17 Å². The third kappa shape index (κ3) is 5.61. The molecule has 5 aliphatic rings. The van der Waals surface area contributed by atoms with Crippen molar-refractivity contribution in [1.82, 2.24) is 4.57 Å². The maximum Gasteiger partial charge on any atom is 0.179 e. The van der Waals surface area contributed by atoms with Gasteiger partial charge < -0.3 is 9.47 Å². The van der Waals surface area contributed by atoms with Gasteiger partial charge in [-0.15, -0.1) is 0 Å². The largest absolute Gasteiger partial charge is 0.310 e. The molecule has 67 heavy (non-hydrogen) atoms. The van der Waals surface area contributed by atoms with Gasteiger partial charge in [0.15, 0.2) is 8.07 Å². The zero-order valence-electron chi connectivity index (χ0n) is 37.7. The Kier molecular flexibility index (Phi) is 8.83. The summed E-state index contributed by atoms with van der Waals surface area (Å²) in [6.45, 7) is 0. The second-order valence-electron chi connectivity index (χ2n) is 20.0. The SMILES string of the molecule is c1ccc([Si](c2ccccc2)(c2ccccc2)c2cccc(-c3ccccc3-n3c4ccccc4c4cc(N5c6ccccc6C6(c7ccccc75)C5C[C@H]7C[C@@H](C5)C[C@@H]6C7)ccc43)c2)cc1. The van der Waals surface area contributed by atoms with E-state index >= 15 is 0 Å². The van der Waals surface area contributed by atoms with Gasteiger partial charge in [-0.3, -0.25) is 0 Å². The predicted octanol–water partition coefficient (Wildman–Crippen LogP) is 13.4. The lowest BCUT2D eigenvalue weighted by molar-refractivity contribution is -0.0419. The monoisotopic (exact) mass is 876 g/mol. The van der Waals surface area contributed by atoms with E-state index in [0.717, 1.165) is 11.8 Å². The van der Waals surface area contributed by atoms with Crippen LogP contribution in [0.4, 0.5) is 17.1 Å². The molecule has 0 amide bonds. The Morgan fingerprint density at radius 3 is 1.48 bits per heavy atom. The third-order valence-electron chi connectivity index (χ3n) is 16.9. The van der Waals surface area contributed by atoms with Crippen molar-refractivity contribution in [2.45, 2.75) is 37.5 Å². The minimum Gasteiger partial charge on any atom is -0.310 e. The highest BCUT2D eigenvalue weighted by Gasteiger charge is 2.61. The van der Waals surface area contributed by atoms with E-state index < -0.39 is 8.07 Å². The molecule has 4 bridgehead atoms. The lowest BCUT2D eigenvalue weighted by Crippen LogP contribution is -2.74. The minimum atomic E-state index is -2.74. The van der Waals surface area contributed by atoms with E-state index in [1.807, 2.05) is 0 Å². The van der Waals surface area contributed by atoms with Crippen LogP contribution in [0.1, 0.15) is 43.2 Å². The highest BCUT2D eigenvalue weighted by atomic mass is 28.3. The van der Waals surface area contributed by atoms with Gasteiger partial charge in [0.25, 0.3) is 0 Å². The number of anilines is 3. The fourth-order valence-corrected chi connectivity index (χ4v) is 19.4. The van der Waals surface area contributed by atoms with Crippen molar-refractivity contribution in [1.29, 1.82) is 0 Å². The molecule has 0 atom stereocenters. The minimum absolute atomic E-state index is 0.0870. The number of para-hydroxylation sites is 4. The van der Waals surface area contributed by atoms with Crippen molar-refractivity contribution in [2.75, 3.05) is 4.90 Å². The number of nitrogens with zero attached hydrogens (tertiary/aromatic N) is 2. The van der Waals surface area contributed by atoms with E-state index in [1.54, 1.807) is 11.1 Å². The molecule has 1 aromatic heterocycles. The van der Waals surface area contributed by atoms with Crippen LogP contribution in [0.15, 0.2) is 231 Å². The van der Waals surface area contributed by atoms with E-state index in [-0.39, 0.29) is 5.41 Å². The molecule has 0 saturated heterocycles. The summed E-state index contributed by atoms with van der Waals surface area (Å²) in [7, 11) is -2.74. The Balaban J connectivity index is 0.940. The van der Waals surface area contributed by atoms with Crippen molar-refractivity contribution in [3.05, 3.63) is 242 Å². The Bertz CT molecular complexity index is 3320. The van der Waals surface area contributed by atoms with Crippen LogP contribution in [0.2, 0.25) is 0 Å². The Labute approximate surface area is 394 Å². The van der Waals surface area contributed by atoms with Crippen molar-refractivity contribution in [3.63, 3.8) is 0 Å². The lowest BCUT2D eigenvalue weighted by atomic mass is 9.41. The molecule has 4 saturated carbocycles. The van der Waals surface area contributed by atoms with Crippen molar-refractivity contribution in [3.8, 4) is 16.8 Å². The molecule has 322 valence electrons.